The van der Waals surface area contributed by atoms with Crippen molar-refractivity contribution in [1.82, 2.24) is 10.2 Å². The minimum absolute atomic E-state index is 0.206. The van der Waals surface area contributed by atoms with Crippen LogP contribution in [0.3, 0.4) is 0 Å². The maximum Gasteiger partial charge on any atom is 0.460 e. The van der Waals surface area contributed by atoms with Crippen molar-refractivity contribution in [1.29, 1.82) is 0 Å². The topological polar surface area (TPSA) is 66.0 Å². The summed E-state index contributed by atoms with van der Waals surface area (Å²) in [4.78, 5) is 10.4. The number of aromatic carboxylic acids is 1. The van der Waals surface area contributed by atoms with E-state index >= 15 is 0 Å². The molecule has 0 aliphatic carbocycles. The lowest BCUT2D eigenvalue weighted by Gasteiger charge is -2.27. The minimum Gasteiger partial charge on any atom is -0.478 e. The van der Waals surface area contributed by atoms with Crippen LogP contribution in [-0.2, 0) is 5.92 Å². The summed E-state index contributed by atoms with van der Waals surface area (Å²) in [6.45, 7) is 0. The van der Waals surface area contributed by atoms with E-state index in [1.165, 1.54) is 0 Å². The quantitative estimate of drug-likeness (QED) is 0.835. The second-order valence-corrected chi connectivity index (χ2v) is 3.11. The normalized spacial score (nSPS) is 13.7. The second kappa shape index (κ2) is 3.85. The van der Waals surface area contributed by atoms with Crippen LogP contribution in [-0.4, -0.2) is 33.4 Å². The Balaban J connectivity index is 3.38. The Morgan fingerprint density at radius 3 is 2.06 bits per heavy atom. The number of carbonyl (C=O) groups is 1. The van der Waals surface area contributed by atoms with E-state index in [9.17, 15) is 35.5 Å². The molecule has 0 saturated carbocycles. The molecule has 0 amide bonds. The van der Waals surface area contributed by atoms with Crippen LogP contribution >= 0.6 is 0 Å². The van der Waals surface area contributed by atoms with Gasteiger partial charge in [-0.2, -0.15) is 35.8 Å². The van der Waals surface area contributed by atoms with Gasteiger partial charge in [-0.1, -0.05) is 0 Å². The summed E-state index contributed by atoms with van der Waals surface area (Å²) in [7, 11) is 0. The van der Waals surface area contributed by atoms with Gasteiger partial charge in [0.05, 0.1) is 6.20 Å². The lowest BCUT2D eigenvalue weighted by molar-refractivity contribution is -0.360. The molecule has 0 aliphatic heterocycles. The molecule has 0 aromatic carbocycles. The smallest absolute Gasteiger partial charge is 0.460 e. The third kappa shape index (κ3) is 1.88. The fourth-order valence-electron chi connectivity index (χ4n) is 1.02. The van der Waals surface area contributed by atoms with Gasteiger partial charge in [-0.25, -0.2) is 4.79 Å². The van der Waals surface area contributed by atoms with E-state index in [4.69, 9.17) is 5.11 Å². The molecule has 0 spiro atoms. The van der Waals surface area contributed by atoms with E-state index < -0.39 is 35.2 Å². The number of carboxylic acid groups (broad SMARTS) is 1. The minimum atomic E-state index is -6.54. The van der Waals surface area contributed by atoms with E-state index in [2.05, 4.69) is 5.10 Å². The van der Waals surface area contributed by atoms with Crippen molar-refractivity contribution in [2.75, 3.05) is 0 Å². The number of hydrogen-bond donors (Lipinski definition) is 2. The largest absolute Gasteiger partial charge is 0.478 e. The highest BCUT2D eigenvalue weighted by Crippen LogP contribution is 2.51. The maximum absolute atomic E-state index is 13.1. The lowest BCUT2D eigenvalue weighted by Crippen LogP contribution is -2.50. The number of halogens is 7. The van der Waals surface area contributed by atoms with Gasteiger partial charge in [0.15, 0.2) is 0 Å². The van der Waals surface area contributed by atoms with Crippen molar-refractivity contribution in [2.45, 2.75) is 18.0 Å². The number of aromatic amines is 1. The summed E-state index contributed by atoms with van der Waals surface area (Å²) < 4.78 is 86.9. The predicted octanol–water partition coefficient (Wildman–Crippen LogP) is 2.40. The number of aromatic nitrogens is 2. The first-order chi connectivity index (χ1) is 7.93. The van der Waals surface area contributed by atoms with Gasteiger partial charge in [-0.3, -0.25) is 5.10 Å². The number of nitrogens with zero attached hydrogens (tertiary/aromatic N) is 1. The van der Waals surface area contributed by atoms with Gasteiger partial charge >= 0.3 is 24.0 Å². The molecule has 4 nitrogen and oxygen atoms in total. The van der Waals surface area contributed by atoms with E-state index in [1.54, 1.807) is 0 Å². The summed E-state index contributed by atoms with van der Waals surface area (Å²) in [5.41, 5.74) is -3.58. The van der Waals surface area contributed by atoms with Gasteiger partial charge in [-0.15, -0.1) is 0 Å². The number of nitrogens with one attached hydrogen (secondary N) is 1. The molecule has 1 aromatic heterocycles. The molecule has 2 N–H and O–H groups in total. The monoisotopic (exact) mass is 280 g/mol. The first-order valence-corrected chi connectivity index (χ1v) is 4.02. The van der Waals surface area contributed by atoms with Crippen molar-refractivity contribution in [3.05, 3.63) is 17.5 Å². The average molecular weight is 280 g/mol. The van der Waals surface area contributed by atoms with Gasteiger partial charge in [0.1, 0.15) is 11.3 Å². The molecule has 0 unspecified atom stereocenters. The summed E-state index contributed by atoms with van der Waals surface area (Å²) in [6.07, 6.45) is -6.34. The SMILES string of the molecule is O=C(O)c1cn[nH]c1C(F)(F)C(F)(F)C(F)(F)F. The van der Waals surface area contributed by atoms with Crippen LogP contribution in [0.4, 0.5) is 30.7 Å². The molecule has 0 radical (unpaired) electrons. The molecule has 11 heteroatoms. The highest BCUT2D eigenvalue weighted by Gasteiger charge is 2.74. The number of carboxylic acids is 1. The number of alkyl halides is 7. The van der Waals surface area contributed by atoms with Crippen LogP contribution in [0.5, 0.6) is 0 Å². The highest BCUT2D eigenvalue weighted by atomic mass is 19.4. The van der Waals surface area contributed by atoms with E-state index in [-0.39, 0.29) is 6.20 Å². The molecule has 0 fully saturated rings. The lowest BCUT2D eigenvalue weighted by atomic mass is 10.0. The molecule has 0 saturated heterocycles. The highest BCUT2D eigenvalue weighted by molar-refractivity contribution is 5.88. The van der Waals surface area contributed by atoms with Gasteiger partial charge in [-0.05, 0) is 0 Å². The van der Waals surface area contributed by atoms with Gasteiger partial charge in [0.25, 0.3) is 0 Å². The summed E-state index contributed by atoms with van der Waals surface area (Å²) in [6, 6.07) is 0. The molecule has 1 heterocycles. The Morgan fingerprint density at radius 1 is 1.17 bits per heavy atom. The molecule has 1 aromatic rings. The van der Waals surface area contributed by atoms with Crippen LogP contribution in [0.1, 0.15) is 16.1 Å². The molecular formula is C7H3F7N2O2. The van der Waals surface area contributed by atoms with Crippen molar-refractivity contribution in [3.63, 3.8) is 0 Å². The fourth-order valence-corrected chi connectivity index (χ4v) is 1.02. The molecule has 0 bridgehead atoms. The van der Waals surface area contributed by atoms with Crippen molar-refractivity contribution >= 4 is 5.97 Å². The molecule has 1 rings (SSSR count). The molecule has 18 heavy (non-hydrogen) atoms. The van der Waals surface area contributed by atoms with E-state index in [1.807, 2.05) is 0 Å². The van der Waals surface area contributed by atoms with Crippen molar-refractivity contribution < 1.29 is 40.6 Å². The fraction of sp³-hybridized carbons (Fsp3) is 0.429. The number of rotatable bonds is 3. The van der Waals surface area contributed by atoms with Crippen LogP contribution in [0.15, 0.2) is 6.20 Å². The van der Waals surface area contributed by atoms with Gasteiger partial charge in [0.2, 0.25) is 0 Å². The van der Waals surface area contributed by atoms with Gasteiger partial charge < -0.3 is 5.11 Å². The molecule has 0 aliphatic rings. The molecule has 102 valence electrons. The third-order valence-corrected chi connectivity index (χ3v) is 1.93. The Labute approximate surface area is 93.4 Å². The van der Waals surface area contributed by atoms with Crippen LogP contribution < -0.4 is 0 Å². The van der Waals surface area contributed by atoms with Crippen molar-refractivity contribution in [3.8, 4) is 0 Å². The number of H-pyrrole nitrogens is 1. The van der Waals surface area contributed by atoms with Crippen LogP contribution in [0, 0.1) is 0 Å². The van der Waals surface area contributed by atoms with Crippen LogP contribution in [0.25, 0.3) is 0 Å². The predicted molar refractivity (Wildman–Crippen MR) is 40.4 cm³/mol. The second-order valence-electron chi connectivity index (χ2n) is 3.11. The molecular weight excluding hydrogens is 277 g/mol. The summed E-state index contributed by atoms with van der Waals surface area (Å²) >= 11 is 0. The standard InChI is InChI=1S/C7H3F7N2O2/c8-5(9,6(10,11)7(12,13)14)3-2(4(17)18)1-15-16-3/h1H,(H,15,16)(H,17,18). The third-order valence-electron chi connectivity index (χ3n) is 1.93. The van der Waals surface area contributed by atoms with E-state index in [0.29, 0.717) is 0 Å². The van der Waals surface area contributed by atoms with E-state index in [0.717, 1.165) is 5.10 Å². The number of hydrogen-bond acceptors (Lipinski definition) is 2. The van der Waals surface area contributed by atoms with Crippen molar-refractivity contribution in [2.24, 2.45) is 0 Å². The Morgan fingerprint density at radius 2 is 1.67 bits per heavy atom. The molecule has 0 atom stereocenters. The zero-order valence-corrected chi connectivity index (χ0v) is 8.03. The zero-order chi connectivity index (χ0) is 14.4. The zero-order valence-electron chi connectivity index (χ0n) is 8.03. The Kier molecular flexibility index (Phi) is 3.05. The van der Waals surface area contributed by atoms with Gasteiger partial charge in [0, 0.05) is 0 Å². The first-order valence-electron chi connectivity index (χ1n) is 4.02. The average Bonchev–Trinajstić information content (AvgIpc) is 2.63. The summed E-state index contributed by atoms with van der Waals surface area (Å²) in [5.74, 6) is -14.3. The Hall–Kier alpha value is -1.81. The summed E-state index contributed by atoms with van der Waals surface area (Å²) in [5, 5.41) is 12.2. The first kappa shape index (κ1) is 14.3. The van der Waals surface area contributed by atoms with Crippen LogP contribution in [0.2, 0.25) is 0 Å². The maximum atomic E-state index is 13.1. The Bertz CT molecular complexity index is 465.